The van der Waals surface area contributed by atoms with E-state index in [1.54, 1.807) is 29.4 Å². The smallest absolute Gasteiger partial charge is 0.227 e. The lowest BCUT2D eigenvalue weighted by molar-refractivity contribution is -0.170. The van der Waals surface area contributed by atoms with Gasteiger partial charge in [0.1, 0.15) is 23.8 Å². The van der Waals surface area contributed by atoms with Gasteiger partial charge >= 0.3 is 0 Å². The largest absolute Gasteiger partial charge is 0.493 e. The van der Waals surface area contributed by atoms with E-state index in [2.05, 4.69) is 14.9 Å². The molecule has 5 rings (SSSR count). The Kier molecular flexibility index (Phi) is 10.4. The number of likely N-dealkylation sites (tertiary alicyclic amines) is 2. The van der Waals surface area contributed by atoms with E-state index < -0.39 is 30.7 Å². The zero-order valence-electron chi connectivity index (χ0n) is 24.2. The van der Waals surface area contributed by atoms with E-state index in [-0.39, 0.29) is 24.4 Å². The lowest BCUT2D eigenvalue weighted by Crippen LogP contribution is -2.78. The lowest BCUT2D eigenvalue weighted by Gasteiger charge is -2.63. The standard InChI is InChI=1S/C30H41ClFN5O6/c31-22-14-33-29(34-15-22)35-8-5-20(6-9-35)2-1-11-43-23-4-3-21(24(32)13-23)12-27(41)36-18-30(19-36)7-10-37(30)16-25(39)28(42)26(40)17-38/h3-4,13-15,20,25-26,28,38-40,42H,1-2,5-12,16-19H2/t25-,26+,28-/m0/s1. The van der Waals surface area contributed by atoms with Gasteiger partial charge in [-0.3, -0.25) is 9.69 Å². The van der Waals surface area contributed by atoms with Crippen molar-refractivity contribution in [3.63, 3.8) is 0 Å². The molecule has 3 saturated heterocycles. The summed E-state index contributed by atoms with van der Waals surface area (Å²) in [5, 5.41) is 39.2. The van der Waals surface area contributed by atoms with Crippen molar-refractivity contribution in [1.29, 1.82) is 0 Å². The van der Waals surface area contributed by atoms with Gasteiger partial charge in [-0.05, 0) is 49.7 Å². The highest BCUT2D eigenvalue weighted by Gasteiger charge is 2.55. The van der Waals surface area contributed by atoms with Crippen LogP contribution in [0.15, 0.2) is 30.6 Å². The minimum Gasteiger partial charge on any atom is -0.493 e. The molecule has 0 radical (unpaired) electrons. The maximum Gasteiger partial charge on any atom is 0.227 e. The summed E-state index contributed by atoms with van der Waals surface area (Å²) in [5.41, 5.74) is 0.0514. The van der Waals surface area contributed by atoms with E-state index in [1.165, 1.54) is 6.07 Å². The summed E-state index contributed by atoms with van der Waals surface area (Å²) in [5.74, 6) is 1.12. The number of halogens is 2. The van der Waals surface area contributed by atoms with Gasteiger partial charge in [-0.25, -0.2) is 14.4 Å². The van der Waals surface area contributed by atoms with Crippen LogP contribution in [0.1, 0.15) is 37.7 Å². The summed E-state index contributed by atoms with van der Waals surface area (Å²) >= 11 is 5.88. The maximum absolute atomic E-state index is 14.8. The van der Waals surface area contributed by atoms with Gasteiger partial charge in [0.25, 0.3) is 0 Å². The van der Waals surface area contributed by atoms with Crippen molar-refractivity contribution in [3.8, 4) is 5.75 Å². The van der Waals surface area contributed by atoms with Crippen LogP contribution in [0.4, 0.5) is 10.3 Å². The molecule has 3 atom stereocenters. The summed E-state index contributed by atoms with van der Waals surface area (Å²) in [6.45, 7) is 3.43. The first-order valence-electron chi connectivity index (χ1n) is 15.0. The Labute approximate surface area is 255 Å². The van der Waals surface area contributed by atoms with E-state index in [0.717, 1.165) is 45.2 Å². The van der Waals surface area contributed by atoms with Gasteiger partial charge in [0.15, 0.2) is 0 Å². The number of rotatable bonds is 13. The first kappa shape index (κ1) is 31.8. The molecule has 1 amide bonds. The van der Waals surface area contributed by atoms with Crippen LogP contribution in [0.2, 0.25) is 5.02 Å². The highest BCUT2D eigenvalue weighted by molar-refractivity contribution is 6.30. The minimum absolute atomic E-state index is 0.0496. The molecule has 13 heteroatoms. The highest BCUT2D eigenvalue weighted by atomic mass is 35.5. The fraction of sp³-hybridized carbons (Fsp3) is 0.633. The molecule has 4 heterocycles. The van der Waals surface area contributed by atoms with Crippen LogP contribution < -0.4 is 9.64 Å². The molecule has 3 fully saturated rings. The quantitative estimate of drug-likeness (QED) is 0.241. The predicted octanol–water partition coefficient (Wildman–Crippen LogP) is 1.25. The number of aromatic nitrogens is 2. The van der Waals surface area contributed by atoms with Crippen molar-refractivity contribution in [2.45, 2.75) is 62.4 Å². The molecule has 0 aliphatic carbocycles. The number of carbonyl (C=O) groups excluding carboxylic acids is 1. The number of aliphatic hydroxyl groups excluding tert-OH is 4. The van der Waals surface area contributed by atoms with Gasteiger partial charge in [0, 0.05) is 45.3 Å². The molecule has 0 unspecified atom stereocenters. The number of hydrogen-bond acceptors (Lipinski definition) is 10. The fourth-order valence-electron chi connectivity index (χ4n) is 6.26. The molecule has 1 aromatic heterocycles. The minimum atomic E-state index is -1.45. The number of ether oxygens (including phenoxy) is 1. The summed E-state index contributed by atoms with van der Waals surface area (Å²) in [6, 6.07) is 4.65. The van der Waals surface area contributed by atoms with Crippen molar-refractivity contribution in [1.82, 2.24) is 19.8 Å². The van der Waals surface area contributed by atoms with Crippen LogP contribution in [0.25, 0.3) is 0 Å². The second-order valence-corrected chi connectivity index (χ2v) is 12.5. The normalized spacial score (nSPS) is 20.8. The molecule has 1 spiro atoms. The summed E-state index contributed by atoms with van der Waals surface area (Å²) in [6.07, 6.45) is 3.96. The average molecular weight is 622 g/mol. The highest BCUT2D eigenvalue weighted by Crippen LogP contribution is 2.39. The Bertz CT molecular complexity index is 1230. The van der Waals surface area contributed by atoms with Crippen LogP contribution in [0.5, 0.6) is 5.75 Å². The number of benzene rings is 1. The van der Waals surface area contributed by atoms with Gasteiger partial charge in [-0.2, -0.15) is 0 Å². The first-order valence-corrected chi connectivity index (χ1v) is 15.4. The molecule has 236 valence electrons. The van der Waals surface area contributed by atoms with E-state index in [9.17, 15) is 24.5 Å². The Morgan fingerprint density at radius 2 is 1.84 bits per heavy atom. The van der Waals surface area contributed by atoms with Crippen LogP contribution in [-0.4, -0.2) is 122 Å². The molecular weight excluding hydrogens is 581 g/mol. The summed E-state index contributed by atoms with van der Waals surface area (Å²) in [7, 11) is 0. The number of aliphatic hydroxyl groups is 4. The molecule has 1 aromatic carbocycles. The van der Waals surface area contributed by atoms with Crippen molar-refractivity contribution in [2.75, 3.05) is 57.4 Å². The molecule has 11 nitrogen and oxygen atoms in total. The number of hydrogen-bond donors (Lipinski definition) is 4. The van der Waals surface area contributed by atoms with Crippen molar-refractivity contribution in [2.24, 2.45) is 5.92 Å². The van der Waals surface area contributed by atoms with Crippen LogP contribution >= 0.6 is 11.6 Å². The average Bonchev–Trinajstić information content (AvgIpc) is 2.98. The molecule has 2 aromatic rings. The topological polar surface area (TPSA) is 143 Å². The molecule has 3 aliphatic heterocycles. The zero-order chi connectivity index (χ0) is 30.6. The van der Waals surface area contributed by atoms with Gasteiger partial charge in [-0.1, -0.05) is 17.7 Å². The molecular formula is C30H41ClFN5O6. The number of β-amino-alcohol motifs (C(OH)–C–C–N with tert-alkyl or cyclic N) is 1. The Morgan fingerprint density at radius 3 is 2.47 bits per heavy atom. The van der Waals surface area contributed by atoms with Gasteiger partial charge < -0.3 is 35.0 Å². The Hall–Kier alpha value is -2.61. The second-order valence-electron chi connectivity index (χ2n) is 12.0. The maximum atomic E-state index is 14.8. The third-order valence-electron chi connectivity index (χ3n) is 9.12. The van der Waals surface area contributed by atoms with Crippen LogP contribution in [0, 0.1) is 11.7 Å². The van der Waals surface area contributed by atoms with Crippen molar-refractivity contribution >= 4 is 23.5 Å². The number of piperidine rings is 1. The van der Waals surface area contributed by atoms with Crippen LogP contribution in [-0.2, 0) is 11.2 Å². The number of carbonyl (C=O) groups is 1. The Balaban J connectivity index is 0.993. The SMILES string of the molecule is O=C(Cc1ccc(OCCCC2CCN(c3ncc(Cl)cn3)CC2)cc1F)N1CC2(CCN2C[C@H](O)[C@H](O)[C@H](O)CO)C1. The zero-order valence-corrected chi connectivity index (χ0v) is 24.9. The predicted molar refractivity (Wildman–Crippen MR) is 157 cm³/mol. The van der Waals surface area contributed by atoms with E-state index >= 15 is 0 Å². The number of anilines is 1. The summed E-state index contributed by atoms with van der Waals surface area (Å²) in [4.78, 5) is 27.3. The van der Waals surface area contributed by atoms with E-state index in [4.69, 9.17) is 21.4 Å². The number of nitrogens with zero attached hydrogens (tertiary/aromatic N) is 5. The summed E-state index contributed by atoms with van der Waals surface area (Å²) < 4.78 is 20.6. The Morgan fingerprint density at radius 1 is 1.12 bits per heavy atom. The van der Waals surface area contributed by atoms with Crippen molar-refractivity contribution < 1.29 is 34.3 Å². The molecule has 43 heavy (non-hydrogen) atoms. The molecule has 0 bridgehead atoms. The molecule has 3 aliphatic rings. The molecule has 4 N–H and O–H groups in total. The van der Waals surface area contributed by atoms with Crippen molar-refractivity contribution in [3.05, 3.63) is 47.0 Å². The van der Waals surface area contributed by atoms with Gasteiger partial charge in [0.05, 0.1) is 48.7 Å². The number of amides is 1. The fourth-order valence-corrected chi connectivity index (χ4v) is 6.35. The van der Waals surface area contributed by atoms with E-state index in [0.29, 0.717) is 54.4 Å². The van der Waals surface area contributed by atoms with Crippen LogP contribution in [0.3, 0.4) is 0 Å². The third-order valence-corrected chi connectivity index (χ3v) is 9.31. The monoisotopic (exact) mass is 621 g/mol. The lowest BCUT2D eigenvalue weighted by atomic mass is 9.76. The van der Waals surface area contributed by atoms with Gasteiger partial charge in [0.2, 0.25) is 11.9 Å². The van der Waals surface area contributed by atoms with E-state index in [1.807, 2.05) is 4.90 Å². The van der Waals surface area contributed by atoms with Gasteiger partial charge in [-0.15, -0.1) is 0 Å². The molecule has 0 saturated carbocycles. The second kappa shape index (κ2) is 14.0. The first-order chi connectivity index (χ1) is 20.7. The third kappa shape index (κ3) is 7.55.